The standard InChI is InChI=1S/C22H6N6S/c1-25-13(9-23)15-11-5-3-7-27-19(11)17-18-20-12(6-4-8-28-20)16(14(10-24)26-2)22(18)29-21(15)17/h3-8H/b15-13-,16-14+. The highest BCUT2D eigenvalue weighted by atomic mass is 32.1. The Kier molecular flexibility index (Phi) is 3.42. The molecule has 5 rings (SSSR count). The molecule has 3 aromatic heterocycles. The molecule has 0 bridgehead atoms. The van der Waals surface area contributed by atoms with Crippen LogP contribution in [0.4, 0.5) is 0 Å². The molecule has 0 spiro atoms. The van der Waals surface area contributed by atoms with Crippen molar-refractivity contribution < 1.29 is 0 Å². The number of nitriles is 2. The number of pyridine rings is 2. The van der Waals surface area contributed by atoms with E-state index in [1.54, 1.807) is 24.5 Å². The first-order valence-corrected chi connectivity index (χ1v) is 9.19. The number of allylic oxidation sites excluding steroid dienone is 2. The van der Waals surface area contributed by atoms with Gasteiger partial charge in [0.1, 0.15) is 0 Å². The highest BCUT2D eigenvalue weighted by Gasteiger charge is 2.40. The topological polar surface area (TPSA) is 82.1 Å². The number of thiophene rings is 1. The molecule has 0 unspecified atom stereocenters. The van der Waals surface area contributed by atoms with Gasteiger partial charge in [-0.2, -0.15) is 0 Å². The monoisotopic (exact) mass is 386 g/mol. The molecule has 0 fully saturated rings. The Labute approximate surface area is 169 Å². The van der Waals surface area contributed by atoms with E-state index in [-0.39, 0.29) is 11.4 Å². The first-order chi connectivity index (χ1) is 14.2. The summed E-state index contributed by atoms with van der Waals surface area (Å²) in [7, 11) is 0. The van der Waals surface area contributed by atoms with E-state index >= 15 is 0 Å². The molecule has 0 saturated carbocycles. The highest BCUT2D eigenvalue weighted by Crippen LogP contribution is 2.60. The van der Waals surface area contributed by atoms with E-state index in [1.165, 1.54) is 11.3 Å². The molecule has 6 nitrogen and oxygen atoms in total. The molecule has 0 aromatic carbocycles. The number of hydrogen-bond donors (Lipinski definition) is 0. The van der Waals surface area contributed by atoms with Gasteiger partial charge in [0.2, 0.25) is 0 Å². The van der Waals surface area contributed by atoms with E-state index in [0.717, 1.165) is 32.0 Å². The summed E-state index contributed by atoms with van der Waals surface area (Å²) in [4.78, 5) is 17.4. The van der Waals surface area contributed by atoms with Crippen LogP contribution >= 0.6 is 11.3 Å². The van der Waals surface area contributed by atoms with E-state index in [9.17, 15) is 10.5 Å². The average Bonchev–Trinajstić information content (AvgIpc) is 3.38. The molecule has 0 amide bonds. The van der Waals surface area contributed by atoms with E-state index in [1.807, 2.05) is 24.3 Å². The van der Waals surface area contributed by atoms with Gasteiger partial charge >= 0.3 is 0 Å². The van der Waals surface area contributed by atoms with Crippen molar-refractivity contribution in [2.45, 2.75) is 0 Å². The Morgan fingerprint density at radius 2 is 1.28 bits per heavy atom. The van der Waals surface area contributed by atoms with Crippen LogP contribution in [0.25, 0.3) is 43.4 Å². The van der Waals surface area contributed by atoms with E-state index in [4.69, 9.17) is 13.1 Å². The lowest BCUT2D eigenvalue weighted by molar-refractivity contribution is 1.31. The van der Waals surface area contributed by atoms with E-state index in [0.29, 0.717) is 22.5 Å². The maximum Gasteiger partial charge on any atom is 0.271 e. The molecule has 0 saturated heterocycles. The van der Waals surface area contributed by atoms with Crippen LogP contribution in [0.1, 0.15) is 20.9 Å². The van der Waals surface area contributed by atoms with Crippen LogP contribution in [0.5, 0.6) is 0 Å². The van der Waals surface area contributed by atoms with Crippen molar-refractivity contribution in [3.05, 3.63) is 91.8 Å². The van der Waals surface area contributed by atoms with Gasteiger partial charge in [0.05, 0.1) is 36.7 Å². The average molecular weight is 386 g/mol. The number of fused-ring (bicyclic) bond motifs is 7. The van der Waals surface area contributed by atoms with Gasteiger partial charge in [-0.1, -0.05) is 12.1 Å². The predicted molar refractivity (Wildman–Crippen MR) is 107 cm³/mol. The molecular weight excluding hydrogens is 380 g/mol. The van der Waals surface area contributed by atoms with Gasteiger partial charge < -0.3 is 0 Å². The molecule has 7 heteroatoms. The second-order valence-corrected chi connectivity index (χ2v) is 7.22. The van der Waals surface area contributed by atoms with Gasteiger partial charge in [0.25, 0.3) is 11.4 Å². The van der Waals surface area contributed by atoms with Crippen molar-refractivity contribution in [2.24, 2.45) is 0 Å². The van der Waals surface area contributed by atoms with Gasteiger partial charge in [-0.25, -0.2) is 20.2 Å². The van der Waals surface area contributed by atoms with Crippen LogP contribution < -0.4 is 0 Å². The lowest BCUT2D eigenvalue weighted by Gasteiger charge is -2.03. The quantitative estimate of drug-likeness (QED) is 0.280. The molecule has 130 valence electrons. The summed E-state index contributed by atoms with van der Waals surface area (Å²) in [5, 5.41) is 19.0. The molecule has 0 radical (unpaired) electrons. The van der Waals surface area contributed by atoms with Crippen LogP contribution in [0.2, 0.25) is 0 Å². The van der Waals surface area contributed by atoms with Gasteiger partial charge in [-0.15, -0.1) is 11.3 Å². The fourth-order valence-corrected chi connectivity index (χ4v) is 5.26. The second-order valence-electron chi connectivity index (χ2n) is 6.20. The molecule has 0 N–H and O–H groups in total. The third kappa shape index (κ3) is 2.00. The normalized spacial score (nSPS) is 15.6. The molecule has 2 aliphatic carbocycles. The lowest BCUT2D eigenvalue weighted by Crippen LogP contribution is -1.87. The van der Waals surface area contributed by atoms with Crippen molar-refractivity contribution in [1.82, 2.24) is 9.97 Å². The molecule has 2 aliphatic rings. The molecule has 3 heterocycles. The summed E-state index contributed by atoms with van der Waals surface area (Å²) < 4.78 is 0. The number of hydrogen-bond acceptors (Lipinski definition) is 5. The van der Waals surface area contributed by atoms with Gasteiger partial charge in [-0.3, -0.25) is 9.97 Å². The fraction of sp³-hybridized carbons (Fsp3) is 0. The number of aromatic nitrogens is 2. The minimum atomic E-state index is -0.00427. The number of rotatable bonds is 0. The summed E-state index contributed by atoms with van der Waals surface area (Å²) in [6.45, 7) is 14.9. The molecule has 0 aliphatic heterocycles. The van der Waals surface area contributed by atoms with Crippen molar-refractivity contribution in [1.29, 1.82) is 10.5 Å². The predicted octanol–water partition coefficient (Wildman–Crippen LogP) is 4.90. The van der Waals surface area contributed by atoms with Crippen molar-refractivity contribution in [2.75, 3.05) is 0 Å². The summed E-state index contributed by atoms with van der Waals surface area (Å²) in [6, 6.07) is 11.2. The van der Waals surface area contributed by atoms with Crippen LogP contribution in [0.15, 0.2) is 48.1 Å². The first kappa shape index (κ1) is 16.6. The Bertz CT molecular complexity index is 1350. The van der Waals surface area contributed by atoms with Crippen molar-refractivity contribution in [3.8, 4) is 34.7 Å². The number of nitrogens with zero attached hydrogens (tertiary/aromatic N) is 6. The molecule has 3 aromatic rings. The Morgan fingerprint density at radius 1 is 0.828 bits per heavy atom. The zero-order chi connectivity index (χ0) is 20.1. The zero-order valence-electron chi connectivity index (χ0n) is 14.6. The zero-order valence-corrected chi connectivity index (χ0v) is 15.4. The van der Waals surface area contributed by atoms with Gasteiger partial charge in [0, 0.05) is 44.4 Å². The summed E-state index contributed by atoms with van der Waals surface area (Å²) >= 11 is 1.37. The van der Waals surface area contributed by atoms with Crippen LogP contribution in [0, 0.1) is 35.8 Å². The highest BCUT2D eigenvalue weighted by molar-refractivity contribution is 7.16. The second kappa shape index (κ2) is 5.98. The summed E-state index contributed by atoms with van der Waals surface area (Å²) in [5.41, 5.74) is 5.57. The largest absolute Gasteiger partial charge is 0.271 e. The smallest absolute Gasteiger partial charge is 0.256 e. The molecular formula is C22H6N6S. The van der Waals surface area contributed by atoms with Crippen molar-refractivity contribution >= 4 is 22.5 Å². The summed E-state index contributed by atoms with van der Waals surface area (Å²) in [5.74, 6) is 0. The minimum Gasteiger partial charge on any atom is -0.256 e. The van der Waals surface area contributed by atoms with E-state index < -0.39 is 0 Å². The minimum absolute atomic E-state index is 0.00427. The van der Waals surface area contributed by atoms with Crippen LogP contribution in [-0.4, -0.2) is 9.97 Å². The first-order valence-electron chi connectivity index (χ1n) is 8.37. The lowest BCUT2D eigenvalue weighted by atomic mass is 10.1. The van der Waals surface area contributed by atoms with Gasteiger partial charge in [0.15, 0.2) is 0 Å². The molecule has 0 atom stereocenters. The maximum absolute atomic E-state index is 9.52. The third-order valence-corrected chi connectivity index (χ3v) is 6.12. The van der Waals surface area contributed by atoms with E-state index in [2.05, 4.69) is 19.7 Å². The Morgan fingerprint density at radius 3 is 1.66 bits per heavy atom. The Hall–Kier alpha value is -4.56. The Balaban J connectivity index is 1.99. The fourth-order valence-electron chi connectivity index (χ4n) is 3.84. The maximum atomic E-state index is 9.52. The molecule has 29 heavy (non-hydrogen) atoms. The SMILES string of the molecule is [C-]#[N+]/C(C#N)=C1/c2cccnc2-c2c1sc1c2-c2ncccc2/C1=C(/C#N)[N+]#[C-]. The van der Waals surface area contributed by atoms with Crippen molar-refractivity contribution in [3.63, 3.8) is 0 Å². The van der Waals surface area contributed by atoms with Gasteiger partial charge in [-0.05, 0) is 23.3 Å². The third-order valence-electron chi connectivity index (χ3n) is 4.90. The summed E-state index contributed by atoms with van der Waals surface area (Å²) in [6.07, 6.45) is 3.34. The van der Waals surface area contributed by atoms with Crippen LogP contribution in [0.3, 0.4) is 0 Å². The van der Waals surface area contributed by atoms with Crippen LogP contribution in [-0.2, 0) is 0 Å².